The van der Waals surface area contributed by atoms with Gasteiger partial charge in [-0.2, -0.15) is 11.8 Å². The highest BCUT2D eigenvalue weighted by atomic mass is 32.2. The molecule has 0 bridgehead atoms. The average molecular weight is 265 g/mol. The van der Waals surface area contributed by atoms with Crippen LogP contribution in [0.4, 0.5) is 0 Å². The summed E-state index contributed by atoms with van der Waals surface area (Å²) >= 11 is 1.77. The highest BCUT2D eigenvalue weighted by Gasteiger charge is 2.22. The number of rotatable bonds is 6. The Hall–Kier alpha value is -0.610. The minimum absolute atomic E-state index is 0.494. The molecule has 1 aliphatic rings. The Balaban J connectivity index is 2.09. The highest BCUT2D eigenvalue weighted by molar-refractivity contribution is 7.97. The molecule has 3 nitrogen and oxygen atoms in total. The Morgan fingerprint density at radius 2 is 1.89 bits per heavy atom. The van der Waals surface area contributed by atoms with E-state index in [1.807, 2.05) is 0 Å². The molecule has 100 valence electrons. The fraction of sp³-hybridized carbons (Fsp3) is 0.714. The predicted molar refractivity (Wildman–Crippen MR) is 78.2 cm³/mol. The largest absolute Gasteiger partial charge is 0.313 e. The molecule has 18 heavy (non-hydrogen) atoms. The highest BCUT2D eigenvalue weighted by Crippen LogP contribution is 2.24. The van der Waals surface area contributed by atoms with Crippen LogP contribution in [0.1, 0.15) is 48.5 Å². The third-order valence-corrected chi connectivity index (χ3v) is 3.98. The first-order valence-electron chi connectivity index (χ1n) is 6.68. The summed E-state index contributed by atoms with van der Waals surface area (Å²) in [6.07, 6.45) is 4.77. The Morgan fingerprint density at radius 3 is 2.39 bits per heavy atom. The van der Waals surface area contributed by atoms with Crippen LogP contribution in [0.15, 0.2) is 0 Å². The lowest BCUT2D eigenvalue weighted by atomic mass is 9.98. The van der Waals surface area contributed by atoms with E-state index < -0.39 is 0 Å². The number of hydrogen-bond donors (Lipinski definition) is 1. The van der Waals surface area contributed by atoms with Crippen molar-refractivity contribution in [3.05, 3.63) is 22.8 Å². The molecule has 0 saturated heterocycles. The fourth-order valence-corrected chi connectivity index (χ4v) is 2.82. The van der Waals surface area contributed by atoms with Crippen molar-refractivity contribution in [1.82, 2.24) is 15.3 Å². The van der Waals surface area contributed by atoms with E-state index in [0.717, 1.165) is 35.6 Å². The van der Waals surface area contributed by atoms with E-state index in [2.05, 4.69) is 42.3 Å². The van der Waals surface area contributed by atoms with Gasteiger partial charge < -0.3 is 5.32 Å². The predicted octanol–water partition coefficient (Wildman–Crippen LogP) is 2.81. The zero-order valence-corrected chi connectivity index (χ0v) is 12.6. The number of aryl methyl sites for hydroxylation is 2. The number of nitrogens with one attached hydrogen (secondary N) is 1. The van der Waals surface area contributed by atoms with Crippen molar-refractivity contribution in [1.29, 1.82) is 0 Å². The monoisotopic (exact) mass is 265 g/mol. The minimum atomic E-state index is 0.494. The van der Waals surface area contributed by atoms with E-state index >= 15 is 0 Å². The molecule has 1 fully saturated rings. The second-order valence-corrected chi connectivity index (χ2v) is 6.11. The fourth-order valence-electron chi connectivity index (χ4n) is 2.43. The molecule has 1 aromatic heterocycles. The average Bonchev–Trinajstić information content (AvgIpc) is 3.09. The summed E-state index contributed by atoms with van der Waals surface area (Å²) < 4.78 is 0. The summed E-state index contributed by atoms with van der Waals surface area (Å²) in [5, 5.41) is 3.59. The first-order valence-corrected chi connectivity index (χ1v) is 8.07. The maximum Gasteiger partial charge on any atom is 0.138 e. The van der Waals surface area contributed by atoms with E-state index in [1.54, 1.807) is 11.8 Å². The van der Waals surface area contributed by atoms with Gasteiger partial charge in [-0.25, -0.2) is 9.97 Å². The van der Waals surface area contributed by atoms with Crippen molar-refractivity contribution < 1.29 is 0 Å². The molecule has 4 heteroatoms. The van der Waals surface area contributed by atoms with Crippen LogP contribution < -0.4 is 5.32 Å². The smallest absolute Gasteiger partial charge is 0.138 e. The normalized spacial score (nSPS) is 16.9. The summed E-state index contributed by atoms with van der Waals surface area (Å²) in [6, 6.07) is 0.768. The van der Waals surface area contributed by atoms with Crippen molar-refractivity contribution in [2.75, 3.05) is 12.8 Å². The molecule has 1 N–H and O–H groups in total. The number of nitrogens with zero attached hydrogens (tertiary/aromatic N) is 2. The molecule has 0 aromatic carbocycles. The van der Waals surface area contributed by atoms with Gasteiger partial charge >= 0.3 is 0 Å². The molecule has 1 atom stereocenters. The summed E-state index contributed by atoms with van der Waals surface area (Å²) in [6.45, 7) is 7.53. The SMILES string of the molecule is CSCc1nc(C)c(C(C)CNC2CC2)c(C)n1. The van der Waals surface area contributed by atoms with E-state index in [1.165, 1.54) is 18.4 Å². The van der Waals surface area contributed by atoms with Gasteiger partial charge in [-0.3, -0.25) is 0 Å². The first kappa shape index (κ1) is 13.8. The quantitative estimate of drug-likeness (QED) is 0.858. The zero-order chi connectivity index (χ0) is 13.1. The van der Waals surface area contributed by atoms with E-state index in [0.29, 0.717) is 5.92 Å². The molecule has 2 rings (SSSR count). The first-order chi connectivity index (χ1) is 8.61. The molecule has 0 spiro atoms. The molecule has 1 unspecified atom stereocenters. The molecule has 1 heterocycles. The van der Waals surface area contributed by atoms with Gasteiger partial charge in [-0.1, -0.05) is 6.92 Å². The topological polar surface area (TPSA) is 37.8 Å². The van der Waals surface area contributed by atoms with Crippen LogP contribution in [-0.2, 0) is 5.75 Å². The van der Waals surface area contributed by atoms with Crippen LogP contribution in [0.3, 0.4) is 0 Å². The third-order valence-electron chi connectivity index (χ3n) is 3.43. The lowest BCUT2D eigenvalue weighted by molar-refractivity contribution is 0.602. The van der Waals surface area contributed by atoms with E-state index in [9.17, 15) is 0 Å². The summed E-state index contributed by atoms with van der Waals surface area (Å²) in [4.78, 5) is 9.26. The molecular formula is C14H23N3S. The zero-order valence-electron chi connectivity index (χ0n) is 11.8. The van der Waals surface area contributed by atoms with Gasteiger partial charge in [0.1, 0.15) is 5.82 Å². The van der Waals surface area contributed by atoms with Crippen molar-refractivity contribution in [3.63, 3.8) is 0 Å². The van der Waals surface area contributed by atoms with Crippen molar-refractivity contribution in [3.8, 4) is 0 Å². The van der Waals surface area contributed by atoms with Gasteiger partial charge in [0, 0.05) is 24.0 Å². The number of hydrogen-bond acceptors (Lipinski definition) is 4. The van der Waals surface area contributed by atoms with Gasteiger partial charge in [0.25, 0.3) is 0 Å². The Bertz CT molecular complexity index is 392. The van der Waals surface area contributed by atoms with Gasteiger partial charge in [0.2, 0.25) is 0 Å². The maximum atomic E-state index is 4.63. The van der Waals surface area contributed by atoms with Gasteiger partial charge in [0.15, 0.2) is 0 Å². The van der Waals surface area contributed by atoms with Crippen LogP contribution in [0.2, 0.25) is 0 Å². The van der Waals surface area contributed by atoms with Gasteiger partial charge in [-0.15, -0.1) is 0 Å². The van der Waals surface area contributed by atoms with E-state index in [4.69, 9.17) is 0 Å². The lowest BCUT2D eigenvalue weighted by Gasteiger charge is -2.17. The lowest BCUT2D eigenvalue weighted by Crippen LogP contribution is -2.23. The van der Waals surface area contributed by atoms with Crippen LogP contribution in [0.5, 0.6) is 0 Å². The minimum Gasteiger partial charge on any atom is -0.313 e. The van der Waals surface area contributed by atoms with Crippen molar-refractivity contribution in [2.24, 2.45) is 0 Å². The summed E-state index contributed by atoms with van der Waals surface area (Å²) in [7, 11) is 0. The van der Waals surface area contributed by atoms with Crippen LogP contribution in [0.25, 0.3) is 0 Å². The summed E-state index contributed by atoms with van der Waals surface area (Å²) in [5.74, 6) is 2.36. The molecule has 1 aliphatic carbocycles. The molecule has 0 aliphatic heterocycles. The number of thioether (sulfide) groups is 1. The third kappa shape index (κ3) is 3.45. The van der Waals surface area contributed by atoms with Gasteiger partial charge in [0.05, 0.1) is 5.75 Å². The van der Waals surface area contributed by atoms with Crippen LogP contribution >= 0.6 is 11.8 Å². The maximum absolute atomic E-state index is 4.63. The van der Waals surface area contributed by atoms with Crippen LogP contribution in [-0.4, -0.2) is 28.8 Å². The number of aromatic nitrogens is 2. The molecule has 0 radical (unpaired) electrons. The second kappa shape index (κ2) is 6.02. The standard InChI is InChI=1S/C14H23N3S/c1-9(7-15-12-5-6-12)14-10(2)16-13(8-18-4)17-11(14)3/h9,12,15H,5-8H2,1-4H3. The van der Waals surface area contributed by atoms with Crippen molar-refractivity contribution >= 4 is 11.8 Å². The Morgan fingerprint density at radius 1 is 1.28 bits per heavy atom. The molecular weight excluding hydrogens is 242 g/mol. The Kier molecular flexibility index (Phi) is 4.62. The molecule has 1 saturated carbocycles. The molecule has 1 aromatic rings. The van der Waals surface area contributed by atoms with Gasteiger partial charge in [-0.05, 0) is 44.4 Å². The summed E-state index contributed by atoms with van der Waals surface area (Å²) in [5.41, 5.74) is 3.63. The molecule has 0 amide bonds. The second-order valence-electron chi connectivity index (χ2n) is 5.24. The Labute approximate surface area is 114 Å². The van der Waals surface area contributed by atoms with Crippen molar-refractivity contribution in [2.45, 2.75) is 51.3 Å². The van der Waals surface area contributed by atoms with E-state index in [-0.39, 0.29) is 0 Å². The van der Waals surface area contributed by atoms with Crippen LogP contribution in [0, 0.1) is 13.8 Å².